The molecule has 3 rings (SSSR count). The van der Waals surface area contributed by atoms with Crippen molar-refractivity contribution in [2.24, 2.45) is 5.73 Å². The Kier molecular flexibility index (Phi) is 7.12. The highest BCUT2D eigenvalue weighted by Gasteiger charge is 2.37. The molecule has 174 valence electrons. The van der Waals surface area contributed by atoms with Crippen molar-refractivity contribution in [1.29, 1.82) is 0 Å². The Morgan fingerprint density at radius 1 is 0.758 bits per heavy atom. The molecular formula is C24H20F6N2O. The van der Waals surface area contributed by atoms with Crippen LogP contribution < -0.4 is 11.1 Å². The molecule has 0 aliphatic carbocycles. The zero-order valence-corrected chi connectivity index (χ0v) is 17.1. The van der Waals surface area contributed by atoms with Crippen molar-refractivity contribution in [3.63, 3.8) is 0 Å². The molecule has 0 fully saturated rings. The molecule has 0 saturated carbocycles. The van der Waals surface area contributed by atoms with Gasteiger partial charge in [-0.05, 0) is 34.9 Å². The molecule has 3 nitrogen and oxygen atoms in total. The van der Waals surface area contributed by atoms with Gasteiger partial charge in [-0.3, -0.25) is 4.79 Å². The van der Waals surface area contributed by atoms with Gasteiger partial charge in [-0.1, -0.05) is 60.7 Å². The largest absolute Gasteiger partial charge is 0.416 e. The number of hydrogen-bond acceptors (Lipinski definition) is 2. The third-order valence-corrected chi connectivity index (χ3v) is 5.09. The topological polar surface area (TPSA) is 55.1 Å². The summed E-state index contributed by atoms with van der Waals surface area (Å²) in [6.07, 6.45) is -9.94. The summed E-state index contributed by atoms with van der Waals surface area (Å²) < 4.78 is 78.4. The van der Waals surface area contributed by atoms with Crippen LogP contribution in [-0.4, -0.2) is 11.9 Å². The number of halogens is 6. The average Bonchev–Trinajstić information content (AvgIpc) is 2.77. The zero-order chi connectivity index (χ0) is 24.2. The van der Waals surface area contributed by atoms with Crippen LogP contribution >= 0.6 is 0 Å². The lowest BCUT2D eigenvalue weighted by Crippen LogP contribution is -2.44. The lowest BCUT2D eigenvalue weighted by atomic mass is 9.85. The first-order valence-corrected chi connectivity index (χ1v) is 9.88. The van der Waals surface area contributed by atoms with E-state index in [4.69, 9.17) is 5.73 Å². The number of benzene rings is 3. The molecule has 0 bridgehead atoms. The van der Waals surface area contributed by atoms with E-state index in [9.17, 15) is 31.1 Å². The van der Waals surface area contributed by atoms with Crippen LogP contribution in [0.15, 0.2) is 78.9 Å². The van der Waals surface area contributed by atoms with Crippen molar-refractivity contribution >= 4 is 5.91 Å². The molecule has 0 heterocycles. The second kappa shape index (κ2) is 9.66. The molecule has 3 aromatic rings. The second-order valence-electron chi connectivity index (χ2n) is 7.46. The number of nitrogens with one attached hydrogen (secondary N) is 1. The highest BCUT2D eigenvalue weighted by atomic mass is 19.4. The molecule has 0 aliphatic rings. The van der Waals surface area contributed by atoms with E-state index in [0.717, 1.165) is 11.1 Å². The predicted molar refractivity (Wildman–Crippen MR) is 111 cm³/mol. The van der Waals surface area contributed by atoms with Gasteiger partial charge in [-0.15, -0.1) is 0 Å². The molecule has 1 amide bonds. The Hall–Kier alpha value is -3.33. The minimum absolute atomic E-state index is 0.0396. The van der Waals surface area contributed by atoms with E-state index < -0.39 is 47.9 Å². The van der Waals surface area contributed by atoms with Crippen LogP contribution in [0.1, 0.15) is 33.7 Å². The van der Waals surface area contributed by atoms with Crippen molar-refractivity contribution in [2.75, 3.05) is 0 Å². The fourth-order valence-electron chi connectivity index (χ4n) is 3.51. The number of carbonyl (C=O) groups is 1. The molecule has 9 heteroatoms. The van der Waals surface area contributed by atoms with E-state index in [0.29, 0.717) is 12.1 Å². The standard InChI is InChI=1S/C24H20F6N2O/c25-23(26,27)18-11-15(12-19(13-18)24(28,29)30)14-32-22(33)21(31)20(16-7-3-1-4-8-16)17-9-5-2-6-10-17/h1-13,20-21H,14,31H2,(H,32,33). The maximum Gasteiger partial charge on any atom is 0.416 e. The first-order chi connectivity index (χ1) is 15.5. The van der Waals surface area contributed by atoms with Crippen LogP contribution in [-0.2, 0) is 23.7 Å². The van der Waals surface area contributed by atoms with Crippen molar-refractivity contribution in [3.05, 3.63) is 107 Å². The maximum atomic E-state index is 13.1. The van der Waals surface area contributed by atoms with Crippen LogP contribution in [0.2, 0.25) is 0 Å². The van der Waals surface area contributed by atoms with Gasteiger partial charge >= 0.3 is 12.4 Å². The van der Waals surface area contributed by atoms with E-state index in [-0.39, 0.29) is 11.6 Å². The Labute approximate surface area is 186 Å². The van der Waals surface area contributed by atoms with Gasteiger partial charge in [0.15, 0.2) is 0 Å². The van der Waals surface area contributed by atoms with Gasteiger partial charge in [0, 0.05) is 12.5 Å². The third-order valence-electron chi connectivity index (χ3n) is 5.09. The molecule has 1 atom stereocenters. The van der Waals surface area contributed by atoms with E-state index in [2.05, 4.69) is 5.32 Å². The highest BCUT2D eigenvalue weighted by Crippen LogP contribution is 2.36. The third kappa shape index (κ3) is 6.13. The molecule has 33 heavy (non-hydrogen) atoms. The van der Waals surface area contributed by atoms with Gasteiger partial charge in [0.25, 0.3) is 0 Å². The fraction of sp³-hybridized carbons (Fsp3) is 0.208. The predicted octanol–water partition coefficient (Wildman–Crippen LogP) is 5.50. The molecule has 0 radical (unpaired) electrons. The second-order valence-corrected chi connectivity index (χ2v) is 7.46. The number of rotatable bonds is 6. The van der Waals surface area contributed by atoms with Crippen molar-refractivity contribution < 1.29 is 31.1 Å². The maximum absolute atomic E-state index is 13.1. The summed E-state index contributed by atoms with van der Waals surface area (Å²) in [5, 5.41) is 2.38. The van der Waals surface area contributed by atoms with Gasteiger partial charge < -0.3 is 11.1 Å². The van der Waals surface area contributed by atoms with Gasteiger partial charge in [0.2, 0.25) is 5.91 Å². The minimum atomic E-state index is -4.97. The monoisotopic (exact) mass is 466 g/mol. The number of hydrogen-bond donors (Lipinski definition) is 2. The molecule has 3 N–H and O–H groups in total. The molecule has 0 saturated heterocycles. The summed E-state index contributed by atoms with van der Waals surface area (Å²) in [4.78, 5) is 12.8. The lowest BCUT2D eigenvalue weighted by molar-refractivity contribution is -0.143. The molecule has 0 aromatic heterocycles. The van der Waals surface area contributed by atoms with Crippen molar-refractivity contribution in [2.45, 2.75) is 30.9 Å². The Morgan fingerprint density at radius 3 is 1.58 bits per heavy atom. The summed E-state index contributed by atoms with van der Waals surface area (Å²) in [5.74, 6) is -1.28. The van der Waals surface area contributed by atoms with E-state index in [1.54, 1.807) is 60.7 Å². The van der Waals surface area contributed by atoms with Gasteiger partial charge in [-0.25, -0.2) is 0 Å². The van der Waals surface area contributed by atoms with E-state index in [1.807, 2.05) is 0 Å². The number of carbonyl (C=O) groups excluding carboxylic acids is 1. The molecule has 0 spiro atoms. The van der Waals surface area contributed by atoms with Gasteiger partial charge in [-0.2, -0.15) is 26.3 Å². The van der Waals surface area contributed by atoms with Crippen molar-refractivity contribution in [1.82, 2.24) is 5.32 Å². The van der Waals surface area contributed by atoms with Crippen LogP contribution in [0.25, 0.3) is 0 Å². The summed E-state index contributed by atoms with van der Waals surface area (Å²) in [5.41, 5.74) is 4.46. The number of nitrogens with two attached hydrogens (primary N) is 1. The SMILES string of the molecule is NC(C(=O)NCc1cc(C(F)(F)F)cc(C(F)(F)F)c1)C(c1ccccc1)c1ccccc1. The fourth-order valence-corrected chi connectivity index (χ4v) is 3.51. The molecule has 0 aliphatic heterocycles. The van der Waals surface area contributed by atoms with E-state index >= 15 is 0 Å². The van der Waals surface area contributed by atoms with Gasteiger partial charge in [0.05, 0.1) is 17.2 Å². The molecule has 1 unspecified atom stereocenters. The normalized spacial score (nSPS) is 13.1. The minimum Gasteiger partial charge on any atom is -0.351 e. The van der Waals surface area contributed by atoms with Crippen LogP contribution in [0, 0.1) is 0 Å². The summed E-state index contributed by atoms with van der Waals surface area (Å²) >= 11 is 0. The smallest absolute Gasteiger partial charge is 0.351 e. The highest BCUT2D eigenvalue weighted by molar-refractivity contribution is 5.83. The Bertz CT molecular complexity index is 1010. The molecular weight excluding hydrogens is 446 g/mol. The first-order valence-electron chi connectivity index (χ1n) is 9.88. The molecule has 3 aromatic carbocycles. The van der Waals surface area contributed by atoms with Gasteiger partial charge in [0.1, 0.15) is 0 Å². The lowest BCUT2D eigenvalue weighted by Gasteiger charge is -2.24. The Morgan fingerprint density at radius 2 is 1.18 bits per heavy atom. The average molecular weight is 466 g/mol. The van der Waals surface area contributed by atoms with Crippen molar-refractivity contribution in [3.8, 4) is 0 Å². The quantitative estimate of drug-likeness (QED) is 0.472. The Balaban J connectivity index is 1.84. The summed E-state index contributed by atoms with van der Waals surface area (Å²) in [6, 6.07) is 17.9. The number of amides is 1. The van der Waals surface area contributed by atoms with Crippen LogP contribution in [0.4, 0.5) is 26.3 Å². The number of alkyl halides is 6. The summed E-state index contributed by atoms with van der Waals surface area (Å²) in [7, 11) is 0. The first kappa shape index (κ1) is 24.3. The van der Waals surface area contributed by atoms with Crippen LogP contribution in [0.3, 0.4) is 0 Å². The van der Waals surface area contributed by atoms with E-state index in [1.165, 1.54) is 0 Å². The van der Waals surface area contributed by atoms with Crippen LogP contribution in [0.5, 0.6) is 0 Å². The zero-order valence-electron chi connectivity index (χ0n) is 17.1. The summed E-state index contributed by atoms with van der Waals surface area (Å²) in [6.45, 7) is -0.546.